The predicted molar refractivity (Wildman–Crippen MR) is 143 cm³/mol. The lowest BCUT2D eigenvalue weighted by molar-refractivity contribution is -0.141. The minimum absolute atomic E-state index is 0.0823. The molecule has 1 aliphatic carbocycles. The number of hydrogen-bond donors (Lipinski definition) is 5. The SMILES string of the molecule is CN(C)C(=O)[C@H]1CC[C@H](NC(=O)c2cc3cc(Cl)ccc3[nH]2)[C@H](NC(=O)C(=O)NC2CCN(C(=O)O)CC2)C1. The number of piperidine rings is 1. The van der Waals surface area contributed by atoms with Crippen molar-refractivity contribution in [2.24, 2.45) is 5.92 Å². The molecule has 2 heterocycles. The van der Waals surface area contributed by atoms with E-state index in [2.05, 4.69) is 20.9 Å². The third-order valence-electron chi connectivity index (χ3n) is 7.41. The number of hydrogen-bond acceptors (Lipinski definition) is 5. The molecule has 1 saturated carbocycles. The lowest BCUT2D eigenvalue weighted by atomic mass is 9.81. The highest BCUT2D eigenvalue weighted by atomic mass is 35.5. The van der Waals surface area contributed by atoms with Crippen LogP contribution in [0.1, 0.15) is 42.6 Å². The Labute approximate surface area is 230 Å². The molecule has 1 aromatic heterocycles. The summed E-state index contributed by atoms with van der Waals surface area (Å²) < 4.78 is 0. The Bertz CT molecular complexity index is 1270. The van der Waals surface area contributed by atoms with Crippen LogP contribution in [0.2, 0.25) is 5.02 Å². The summed E-state index contributed by atoms with van der Waals surface area (Å²) in [5.74, 6) is -2.52. The molecule has 39 heavy (non-hydrogen) atoms. The third kappa shape index (κ3) is 6.80. The number of aromatic nitrogens is 1. The van der Waals surface area contributed by atoms with Gasteiger partial charge < -0.3 is 35.8 Å². The van der Waals surface area contributed by atoms with Crippen molar-refractivity contribution in [1.82, 2.24) is 30.7 Å². The van der Waals surface area contributed by atoms with Gasteiger partial charge in [-0.1, -0.05) is 11.6 Å². The van der Waals surface area contributed by atoms with E-state index in [1.54, 1.807) is 38.4 Å². The summed E-state index contributed by atoms with van der Waals surface area (Å²) in [6.07, 6.45) is 1.01. The number of likely N-dealkylation sites (tertiary alicyclic amines) is 1. The minimum atomic E-state index is -1.01. The number of amides is 5. The average molecular weight is 561 g/mol. The highest BCUT2D eigenvalue weighted by Crippen LogP contribution is 2.27. The van der Waals surface area contributed by atoms with Crippen molar-refractivity contribution < 1.29 is 29.1 Å². The van der Waals surface area contributed by atoms with Gasteiger partial charge in [-0.3, -0.25) is 19.2 Å². The van der Waals surface area contributed by atoms with Gasteiger partial charge in [0.05, 0.1) is 6.04 Å². The number of benzene rings is 1. The zero-order valence-electron chi connectivity index (χ0n) is 21.8. The maximum Gasteiger partial charge on any atom is 0.407 e. The summed E-state index contributed by atoms with van der Waals surface area (Å²) in [7, 11) is 3.32. The lowest BCUT2D eigenvalue weighted by Crippen LogP contribution is -2.58. The van der Waals surface area contributed by atoms with E-state index in [0.29, 0.717) is 36.4 Å². The zero-order valence-corrected chi connectivity index (χ0v) is 22.6. The first-order valence-electron chi connectivity index (χ1n) is 12.9. The van der Waals surface area contributed by atoms with Gasteiger partial charge in [0.25, 0.3) is 5.91 Å². The van der Waals surface area contributed by atoms with Gasteiger partial charge in [0, 0.05) is 61.1 Å². The summed E-state index contributed by atoms with van der Waals surface area (Å²) in [6, 6.07) is 5.46. The molecule has 2 fully saturated rings. The number of nitrogens with zero attached hydrogens (tertiary/aromatic N) is 2. The van der Waals surface area contributed by atoms with E-state index >= 15 is 0 Å². The van der Waals surface area contributed by atoms with E-state index in [-0.39, 0.29) is 43.3 Å². The van der Waals surface area contributed by atoms with Gasteiger partial charge in [0.2, 0.25) is 5.91 Å². The van der Waals surface area contributed by atoms with E-state index in [1.165, 1.54) is 9.80 Å². The summed E-state index contributed by atoms with van der Waals surface area (Å²) in [5, 5.41) is 18.8. The smallest absolute Gasteiger partial charge is 0.407 e. The average Bonchev–Trinajstić information content (AvgIpc) is 3.32. The minimum Gasteiger partial charge on any atom is -0.465 e. The van der Waals surface area contributed by atoms with Gasteiger partial charge in [0.1, 0.15) is 5.69 Å². The molecule has 2 aliphatic rings. The van der Waals surface area contributed by atoms with Gasteiger partial charge in [-0.2, -0.15) is 0 Å². The fourth-order valence-electron chi connectivity index (χ4n) is 5.26. The van der Waals surface area contributed by atoms with Crippen molar-refractivity contribution in [1.29, 1.82) is 0 Å². The van der Waals surface area contributed by atoms with Crippen LogP contribution in [0.3, 0.4) is 0 Å². The Morgan fingerprint density at radius 2 is 1.64 bits per heavy atom. The Kier molecular flexibility index (Phi) is 8.63. The van der Waals surface area contributed by atoms with Crippen LogP contribution in [0.15, 0.2) is 24.3 Å². The molecule has 0 bridgehead atoms. The number of carboxylic acid groups (broad SMARTS) is 1. The second-order valence-electron chi connectivity index (χ2n) is 10.3. The first-order chi connectivity index (χ1) is 18.5. The Hall–Kier alpha value is -3.80. The van der Waals surface area contributed by atoms with Crippen molar-refractivity contribution >= 4 is 52.2 Å². The van der Waals surface area contributed by atoms with Crippen LogP contribution in [-0.2, 0) is 14.4 Å². The van der Waals surface area contributed by atoms with Crippen LogP contribution in [0.4, 0.5) is 4.79 Å². The largest absolute Gasteiger partial charge is 0.465 e. The maximum absolute atomic E-state index is 13.1. The Morgan fingerprint density at radius 3 is 2.31 bits per heavy atom. The van der Waals surface area contributed by atoms with E-state index in [9.17, 15) is 24.0 Å². The molecule has 1 aromatic carbocycles. The molecule has 4 rings (SSSR count). The second kappa shape index (κ2) is 11.9. The van der Waals surface area contributed by atoms with Crippen LogP contribution in [0.5, 0.6) is 0 Å². The summed E-state index contributed by atoms with van der Waals surface area (Å²) in [5.41, 5.74) is 1.08. The van der Waals surface area contributed by atoms with E-state index < -0.39 is 30.0 Å². The maximum atomic E-state index is 13.1. The quantitative estimate of drug-likeness (QED) is 0.348. The Morgan fingerprint density at radius 1 is 0.949 bits per heavy atom. The number of H-pyrrole nitrogens is 1. The predicted octanol–water partition coefficient (Wildman–Crippen LogP) is 1.55. The molecule has 1 saturated heterocycles. The molecule has 0 radical (unpaired) electrons. The third-order valence-corrected chi connectivity index (χ3v) is 7.64. The van der Waals surface area contributed by atoms with E-state index in [1.807, 2.05) is 0 Å². The number of carbonyl (C=O) groups is 5. The number of rotatable bonds is 5. The van der Waals surface area contributed by atoms with Gasteiger partial charge in [0.15, 0.2) is 0 Å². The Balaban J connectivity index is 1.42. The van der Waals surface area contributed by atoms with Crippen LogP contribution < -0.4 is 16.0 Å². The molecule has 210 valence electrons. The van der Waals surface area contributed by atoms with Gasteiger partial charge in [-0.25, -0.2) is 4.79 Å². The topological polar surface area (TPSA) is 164 Å². The lowest BCUT2D eigenvalue weighted by Gasteiger charge is -2.37. The molecular weight excluding hydrogens is 528 g/mol. The van der Waals surface area contributed by atoms with E-state index in [4.69, 9.17) is 16.7 Å². The molecule has 3 atom stereocenters. The summed E-state index contributed by atoms with van der Waals surface area (Å²) in [6.45, 7) is 0.542. The standard InChI is InChI=1S/C26H33ClN6O6/c1-32(2)25(37)14-3-5-19(30-22(34)21-13-15-11-16(27)4-6-18(15)29-21)20(12-14)31-24(36)23(35)28-17-7-9-33(10-8-17)26(38)39/h4,6,11,13-14,17,19-20,29H,3,5,7-10,12H2,1-2H3,(H,28,35)(H,30,34)(H,31,36)(H,38,39)/t14-,19-,20+/m0/s1. The molecule has 0 unspecified atom stereocenters. The molecule has 13 heteroatoms. The number of aromatic amines is 1. The van der Waals surface area contributed by atoms with Crippen molar-refractivity contribution in [2.45, 2.75) is 50.2 Å². The molecular formula is C26H33ClN6O6. The first-order valence-corrected chi connectivity index (χ1v) is 13.3. The second-order valence-corrected chi connectivity index (χ2v) is 10.8. The molecule has 5 amide bonds. The van der Waals surface area contributed by atoms with Crippen molar-refractivity contribution in [3.05, 3.63) is 35.0 Å². The summed E-state index contributed by atoms with van der Waals surface area (Å²) in [4.78, 5) is 68.2. The molecule has 2 aromatic rings. The van der Waals surface area contributed by atoms with Crippen molar-refractivity contribution in [3.63, 3.8) is 0 Å². The molecule has 1 aliphatic heterocycles. The van der Waals surface area contributed by atoms with Gasteiger partial charge >= 0.3 is 17.9 Å². The van der Waals surface area contributed by atoms with Crippen LogP contribution in [-0.4, -0.2) is 94.9 Å². The highest BCUT2D eigenvalue weighted by Gasteiger charge is 2.37. The van der Waals surface area contributed by atoms with Crippen molar-refractivity contribution in [2.75, 3.05) is 27.2 Å². The van der Waals surface area contributed by atoms with Crippen molar-refractivity contribution in [3.8, 4) is 0 Å². The molecule has 5 N–H and O–H groups in total. The van der Waals surface area contributed by atoms with E-state index in [0.717, 1.165) is 10.9 Å². The zero-order chi connectivity index (χ0) is 28.3. The number of carbonyl (C=O) groups excluding carboxylic acids is 4. The first kappa shape index (κ1) is 28.2. The fourth-order valence-corrected chi connectivity index (χ4v) is 5.44. The van der Waals surface area contributed by atoms with Gasteiger partial charge in [-0.15, -0.1) is 0 Å². The highest BCUT2D eigenvalue weighted by molar-refractivity contribution is 6.35. The normalized spacial score (nSPS) is 21.7. The number of fused-ring (bicyclic) bond motifs is 1. The fraction of sp³-hybridized carbons (Fsp3) is 0.500. The molecule has 12 nitrogen and oxygen atoms in total. The molecule has 0 spiro atoms. The van der Waals surface area contributed by atoms with Gasteiger partial charge in [-0.05, 0) is 56.4 Å². The van der Waals surface area contributed by atoms with Crippen LogP contribution >= 0.6 is 11.6 Å². The number of nitrogens with one attached hydrogen (secondary N) is 4. The number of halogens is 1. The van der Waals surface area contributed by atoms with Crippen LogP contribution in [0, 0.1) is 5.92 Å². The monoisotopic (exact) mass is 560 g/mol. The van der Waals surface area contributed by atoms with Crippen LogP contribution in [0.25, 0.3) is 10.9 Å². The summed E-state index contributed by atoms with van der Waals surface area (Å²) >= 11 is 6.05.